The number of aromatic nitrogens is 3. The molecule has 49 heavy (non-hydrogen) atoms. The Labute approximate surface area is 286 Å². The summed E-state index contributed by atoms with van der Waals surface area (Å²) in [5.74, 6) is 1.98. The molecule has 10 rings (SSSR count). The van der Waals surface area contributed by atoms with Crippen LogP contribution in [0.1, 0.15) is 0 Å². The number of hydrogen-bond donors (Lipinski definition) is 0. The summed E-state index contributed by atoms with van der Waals surface area (Å²) >= 11 is 1.89. The maximum absolute atomic E-state index is 5.12. The lowest BCUT2D eigenvalue weighted by Gasteiger charge is -2.11. The van der Waals surface area contributed by atoms with Crippen LogP contribution in [0.5, 0.6) is 0 Å². The van der Waals surface area contributed by atoms with Crippen LogP contribution in [-0.4, -0.2) is 15.0 Å². The molecule has 2 aromatic heterocycles. The number of benzene rings is 8. The normalized spacial score (nSPS) is 11.7. The van der Waals surface area contributed by atoms with Gasteiger partial charge in [-0.25, -0.2) is 15.0 Å². The van der Waals surface area contributed by atoms with Crippen LogP contribution in [0, 0.1) is 0 Å². The van der Waals surface area contributed by atoms with Gasteiger partial charge in [0.1, 0.15) is 0 Å². The smallest absolute Gasteiger partial charge is 0.164 e. The topological polar surface area (TPSA) is 38.7 Å². The third-order valence-electron chi connectivity index (χ3n) is 9.48. The first-order valence-corrected chi connectivity index (χ1v) is 17.3. The van der Waals surface area contributed by atoms with Crippen LogP contribution in [0.3, 0.4) is 0 Å². The Bertz CT molecular complexity index is 2880. The van der Waals surface area contributed by atoms with Gasteiger partial charge in [-0.1, -0.05) is 152 Å². The molecule has 0 aliphatic heterocycles. The van der Waals surface area contributed by atoms with Crippen molar-refractivity contribution in [1.29, 1.82) is 0 Å². The molecule has 0 saturated carbocycles. The second-order valence-electron chi connectivity index (χ2n) is 12.4. The number of rotatable bonds is 4. The van der Waals surface area contributed by atoms with E-state index >= 15 is 0 Å². The highest BCUT2D eigenvalue weighted by Crippen LogP contribution is 2.45. The lowest BCUT2D eigenvalue weighted by molar-refractivity contribution is 1.08. The minimum absolute atomic E-state index is 0.658. The molecule has 10 aromatic rings. The Morgan fingerprint density at radius 3 is 1.67 bits per heavy atom. The zero-order valence-electron chi connectivity index (χ0n) is 26.3. The van der Waals surface area contributed by atoms with Crippen molar-refractivity contribution < 1.29 is 0 Å². The SMILES string of the molecule is c1ccc(-c2nc(-c3ccc4ccccc4c3)nc(-c3ccc4ccc5ccc6c7cccc(-c8ccccc8)c7sc6c5c4c3)n2)cc1. The average Bonchev–Trinajstić information content (AvgIpc) is 3.57. The number of hydrogen-bond acceptors (Lipinski definition) is 4. The molecule has 0 spiro atoms. The molecular weight excluding hydrogens is 615 g/mol. The summed E-state index contributed by atoms with van der Waals surface area (Å²) in [6.07, 6.45) is 0. The number of nitrogens with zero attached hydrogens (tertiary/aromatic N) is 3. The number of thiophene rings is 1. The van der Waals surface area contributed by atoms with Crippen LogP contribution in [0.2, 0.25) is 0 Å². The second-order valence-corrected chi connectivity index (χ2v) is 13.4. The minimum Gasteiger partial charge on any atom is -0.208 e. The van der Waals surface area contributed by atoms with Crippen molar-refractivity contribution in [2.75, 3.05) is 0 Å². The van der Waals surface area contributed by atoms with Crippen molar-refractivity contribution >= 4 is 63.8 Å². The Balaban J connectivity index is 1.21. The predicted octanol–water partition coefficient (Wildman–Crippen LogP) is 12.4. The summed E-state index contributed by atoms with van der Waals surface area (Å²) in [5.41, 5.74) is 5.40. The van der Waals surface area contributed by atoms with Crippen LogP contribution >= 0.6 is 11.3 Å². The van der Waals surface area contributed by atoms with Crippen LogP contribution in [0.25, 0.3) is 97.8 Å². The first-order chi connectivity index (χ1) is 24.3. The molecule has 2 heterocycles. The van der Waals surface area contributed by atoms with E-state index in [-0.39, 0.29) is 0 Å². The third-order valence-corrected chi connectivity index (χ3v) is 10.8. The highest BCUT2D eigenvalue weighted by molar-refractivity contribution is 7.27. The fraction of sp³-hybridized carbons (Fsp3) is 0. The highest BCUT2D eigenvalue weighted by Gasteiger charge is 2.17. The molecule has 0 atom stereocenters. The van der Waals surface area contributed by atoms with Crippen molar-refractivity contribution in [3.05, 3.63) is 164 Å². The molecule has 0 aliphatic rings. The molecule has 3 nitrogen and oxygen atoms in total. The van der Waals surface area contributed by atoms with E-state index in [4.69, 9.17) is 15.0 Å². The first-order valence-electron chi connectivity index (χ1n) is 16.4. The van der Waals surface area contributed by atoms with E-state index in [1.165, 1.54) is 58.2 Å². The predicted molar refractivity (Wildman–Crippen MR) is 207 cm³/mol. The second kappa shape index (κ2) is 11.2. The van der Waals surface area contributed by atoms with Gasteiger partial charge in [-0.15, -0.1) is 11.3 Å². The van der Waals surface area contributed by atoms with Gasteiger partial charge >= 0.3 is 0 Å². The van der Waals surface area contributed by atoms with Gasteiger partial charge in [0, 0.05) is 42.2 Å². The Morgan fingerprint density at radius 2 is 0.898 bits per heavy atom. The van der Waals surface area contributed by atoms with Gasteiger partial charge in [-0.05, 0) is 50.2 Å². The maximum atomic E-state index is 5.12. The summed E-state index contributed by atoms with van der Waals surface area (Å²) in [7, 11) is 0. The Hall–Kier alpha value is -6.23. The van der Waals surface area contributed by atoms with E-state index < -0.39 is 0 Å². The lowest BCUT2D eigenvalue weighted by Crippen LogP contribution is -2.00. The standard InChI is InChI=1S/C45H27N3S/c1-3-11-29(12-4-1)36-16-9-17-37-38-25-24-31-21-19-30-20-23-35(27-39(30)40(31)42(38)49-41(36)37)45-47-43(32-13-5-2-6-14-32)46-44(48-45)34-22-18-28-10-7-8-15-33(28)26-34/h1-27H. The van der Waals surface area contributed by atoms with Crippen LogP contribution < -0.4 is 0 Å². The monoisotopic (exact) mass is 641 g/mol. The fourth-order valence-corrected chi connectivity index (χ4v) is 8.46. The molecule has 0 radical (unpaired) electrons. The average molecular weight is 642 g/mol. The van der Waals surface area contributed by atoms with E-state index in [2.05, 4.69) is 146 Å². The van der Waals surface area contributed by atoms with E-state index in [1.54, 1.807) is 0 Å². The Kier molecular flexibility index (Phi) is 6.36. The summed E-state index contributed by atoms with van der Waals surface area (Å²) in [4.78, 5) is 15.2. The molecule has 228 valence electrons. The molecule has 0 unspecified atom stereocenters. The van der Waals surface area contributed by atoms with Crippen LogP contribution in [0.4, 0.5) is 0 Å². The van der Waals surface area contributed by atoms with Gasteiger partial charge < -0.3 is 0 Å². The van der Waals surface area contributed by atoms with Gasteiger partial charge in [0.15, 0.2) is 17.5 Å². The lowest BCUT2D eigenvalue weighted by atomic mass is 9.97. The molecule has 4 heteroatoms. The summed E-state index contributed by atoms with van der Waals surface area (Å²) in [6.45, 7) is 0. The van der Waals surface area contributed by atoms with Crippen molar-refractivity contribution in [2.24, 2.45) is 0 Å². The summed E-state index contributed by atoms with van der Waals surface area (Å²) < 4.78 is 2.62. The van der Waals surface area contributed by atoms with E-state index in [9.17, 15) is 0 Å². The van der Waals surface area contributed by atoms with Gasteiger partial charge in [0.2, 0.25) is 0 Å². The molecule has 0 N–H and O–H groups in total. The van der Waals surface area contributed by atoms with E-state index in [0.717, 1.165) is 22.1 Å². The van der Waals surface area contributed by atoms with Crippen molar-refractivity contribution in [1.82, 2.24) is 15.0 Å². The van der Waals surface area contributed by atoms with Gasteiger partial charge in [0.05, 0.1) is 0 Å². The summed E-state index contributed by atoms with van der Waals surface area (Å²) in [6, 6.07) is 58.0. The molecular formula is C45H27N3S. The molecule has 0 aliphatic carbocycles. The summed E-state index contributed by atoms with van der Waals surface area (Å²) in [5, 5.41) is 9.80. The van der Waals surface area contributed by atoms with E-state index in [0.29, 0.717) is 17.5 Å². The fourth-order valence-electron chi connectivity index (χ4n) is 7.05. The van der Waals surface area contributed by atoms with Gasteiger partial charge in [-0.3, -0.25) is 0 Å². The Morgan fingerprint density at radius 1 is 0.327 bits per heavy atom. The van der Waals surface area contributed by atoms with Gasteiger partial charge in [-0.2, -0.15) is 0 Å². The highest BCUT2D eigenvalue weighted by atomic mass is 32.1. The quantitative estimate of drug-likeness (QED) is 0.180. The zero-order chi connectivity index (χ0) is 32.3. The molecule has 0 amide bonds. The van der Waals surface area contributed by atoms with Crippen LogP contribution in [-0.2, 0) is 0 Å². The first kappa shape index (κ1) is 27.8. The largest absolute Gasteiger partial charge is 0.208 e. The molecule has 0 fully saturated rings. The van der Waals surface area contributed by atoms with E-state index in [1.807, 2.05) is 29.5 Å². The maximum Gasteiger partial charge on any atom is 0.164 e. The van der Waals surface area contributed by atoms with Crippen molar-refractivity contribution in [2.45, 2.75) is 0 Å². The van der Waals surface area contributed by atoms with Crippen molar-refractivity contribution in [3.8, 4) is 45.3 Å². The number of fused-ring (bicyclic) bond motifs is 8. The minimum atomic E-state index is 0.658. The van der Waals surface area contributed by atoms with Crippen LogP contribution in [0.15, 0.2) is 164 Å². The third kappa shape index (κ3) is 4.68. The van der Waals surface area contributed by atoms with Gasteiger partial charge in [0.25, 0.3) is 0 Å². The molecule has 8 aromatic carbocycles. The molecule has 0 bridgehead atoms. The molecule has 0 saturated heterocycles. The van der Waals surface area contributed by atoms with Crippen molar-refractivity contribution in [3.63, 3.8) is 0 Å². The zero-order valence-corrected chi connectivity index (χ0v) is 27.2.